The molecule has 1 aromatic rings. The van der Waals surface area contributed by atoms with Gasteiger partial charge in [-0.15, -0.1) is 0 Å². The van der Waals surface area contributed by atoms with Crippen molar-refractivity contribution >= 4 is 5.97 Å². The number of carbonyl (C=O) groups excluding carboxylic acids is 1. The van der Waals surface area contributed by atoms with Crippen molar-refractivity contribution in [2.75, 3.05) is 7.11 Å². The van der Waals surface area contributed by atoms with Gasteiger partial charge in [0.2, 0.25) is 0 Å². The lowest BCUT2D eigenvalue weighted by atomic mass is 9.99. The van der Waals surface area contributed by atoms with Crippen LogP contribution in [0.2, 0.25) is 0 Å². The van der Waals surface area contributed by atoms with Gasteiger partial charge in [-0.2, -0.15) is 0 Å². The largest absolute Gasteiger partial charge is 0.465 e. The van der Waals surface area contributed by atoms with E-state index in [-0.39, 0.29) is 12.1 Å². The molecule has 18 heavy (non-hydrogen) atoms. The lowest BCUT2D eigenvalue weighted by molar-refractivity contribution is 0.0594. The molecule has 0 saturated carbocycles. The highest BCUT2D eigenvalue weighted by molar-refractivity contribution is 5.91. The summed E-state index contributed by atoms with van der Waals surface area (Å²) in [6.45, 7) is 2.62. The second kappa shape index (κ2) is 5.83. The van der Waals surface area contributed by atoms with Gasteiger partial charge in [0, 0.05) is 0 Å². The molecular weight excluding hydrogens is 228 g/mol. The van der Waals surface area contributed by atoms with Crippen molar-refractivity contribution in [3.05, 3.63) is 47.0 Å². The summed E-state index contributed by atoms with van der Waals surface area (Å²) in [6, 6.07) is 5.67. The van der Waals surface area contributed by atoms with Gasteiger partial charge < -0.3 is 9.47 Å². The summed E-state index contributed by atoms with van der Waals surface area (Å²) in [7, 11) is 1.40. The van der Waals surface area contributed by atoms with Crippen LogP contribution in [0.1, 0.15) is 47.4 Å². The molecule has 1 heterocycles. The molecule has 0 fully saturated rings. The predicted molar refractivity (Wildman–Crippen MR) is 69.4 cm³/mol. The van der Waals surface area contributed by atoms with Crippen molar-refractivity contribution < 1.29 is 14.3 Å². The van der Waals surface area contributed by atoms with E-state index in [4.69, 9.17) is 9.47 Å². The fourth-order valence-corrected chi connectivity index (χ4v) is 2.14. The van der Waals surface area contributed by atoms with Crippen molar-refractivity contribution in [2.24, 2.45) is 0 Å². The first-order chi connectivity index (χ1) is 8.77. The third kappa shape index (κ3) is 2.46. The van der Waals surface area contributed by atoms with Crippen LogP contribution in [0, 0.1) is 0 Å². The van der Waals surface area contributed by atoms with Gasteiger partial charge in [0.1, 0.15) is 6.10 Å². The highest BCUT2D eigenvalue weighted by Gasteiger charge is 2.25. The van der Waals surface area contributed by atoms with Crippen LogP contribution in [-0.4, -0.2) is 13.1 Å². The van der Waals surface area contributed by atoms with Gasteiger partial charge in [-0.25, -0.2) is 4.79 Å². The fraction of sp³-hybridized carbons (Fsp3) is 0.400. The Balaban J connectivity index is 2.26. The molecule has 0 aliphatic carbocycles. The SMILES string of the molecule is CCC/C=C/C1OCc2c(C(=O)OC)cccc21. The molecule has 1 aliphatic heterocycles. The predicted octanol–water partition coefficient (Wildman–Crippen LogP) is 3.40. The van der Waals surface area contributed by atoms with Crippen LogP contribution < -0.4 is 0 Å². The number of allylic oxidation sites excluding steroid dienone is 1. The zero-order valence-corrected chi connectivity index (χ0v) is 10.8. The van der Waals surface area contributed by atoms with E-state index in [0.717, 1.165) is 24.0 Å². The Labute approximate surface area is 107 Å². The summed E-state index contributed by atoms with van der Waals surface area (Å²) in [5, 5.41) is 0. The Kier molecular flexibility index (Phi) is 4.15. The Morgan fingerprint density at radius 2 is 2.39 bits per heavy atom. The minimum atomic E-state index is -0.298. The van der Waals surface area contributed by atoms with Gasteiger partial charge in [-0.05, 0) is 23.6 Å². The average Bonchev–Trinajstić information content (AvgIpc) is 2.81. The molecule has 2 rings (SSSR count). The second-order valence-electron chi connectivity index (χ2n) is 4.31. The van der Waals surface area contributed by atoms with E-state index in [1.54, 1.807) is 6.07 Å². The number of esters is 1. The number of hydrogen-bond acceptors (Lipinski definition) is 3. The molecule has 1 aromatic carbocycles. The van der Waals surface area contributed by atoms with Crippen LogP contribution in [0.25, 0.3) is 0 Å². The Bertz CT molecular complexity index is 463. The molecule has 1 unspecified atom stereocenters. The zero-order chi connectivity index (χ0) is 13.0. The third-order valence-electron chi connectivity index (χ3n) is 3.10. The molecule has 3 nitrogen and oxygen atoms in total. The summed E-state index contributed by atoms with van der Waals surface area (Å²) in [5.74, 6) is -0.298. The van der Waals surface area contributed by atoms with Crippen LogP contribution in [0.5, 0.6) is 0 Å². The molecule has 0 radical (unpaired) electrons. The van der Waals surface area contributed by atoms with E-state index >= 15 is 0 Å². The summed E-state index contributed by atoms with van der Waals surface area (Å²) >= 11 is 0. The number of unbranched alkanes of at least 4 members (excludes halogenated alkanes) is 1. The number of benzene rings is 1. The summed E-state index contributed by atoms with van der Waals surface area (Å²) in [5.41, 5.74) is 2.64. The maximum absolute atomic E-state index is 11.6. The van der Waals surface area contributed by atoms with Gasteiger partial charge in [0.05, 0.1) is 19.3 Å². The number of rotatable bonds is 4. The molecule has 0 spiro atoms. The van der Waals surface area contributed by atoms with E-state index < -0.39 is 0 Å². The molecule has 0 bridgehead atoms. The maximum atomic E-state index is 11.6. The highest BCUT2D eigenvalue weighted by atomic mass is 16.5. The first-order valence-electron chi connectivity index (χ1n) is 6.26. The number of fused-ring (bicyclic) bond motifs is 1. The smallest absolute Gasteiger partial charge is 0.338 e. The van der Waals surface area contributed by atoms with Crippen LogP contribution >= 0.6 is 0 Å². The third-order valence-corrected chi connectivity index (χ3v) is 3.10. The lowest BCUT2D eigenvalue weighted by Crippen LogP contribution is -2.05. The van der Waals surface area contributed by atoms with E-state index in [2.05, 4.69) is 19.1 Å². The average molecular weight is 246 g/mol. The second-order valence-corrected chi connectivity index (χ2v) is 4.31. The Morgan fingerprint density at radius 3 is 3.11 bits per heavy atom. The summed E-state index contributed by atoms with van der Waals surface area (Å²) in [6.07, 6.45) is 6.33. The molecule has 0 aromatic heterocycles. The van der Waals surface area contributed by atoms with Crippen LogP contribution in [0.3, 0.4) is 0 Å². The van der Waals surface area contributed by atoms with Crippen LogP contribution in [0.15, 0.2) is 30.4 Å². The molecule has 0 amide bonds. The molecule has 1 aliphatic rings. The van der Waals surface area contributed by atoms with Crippen molar-refractivity contribution in [1.82, 2.24) is 0 Å². The summed E-state index contributed by atoms with van der Waals surface area (Å²) in [4.78, 5) is 11.6. The topological polar surface area (TPSA) is 35.5 Å². The van der Waals surface area contributed by atoms with Gasteiger partial charge >= 0.3 is 5.97 Å². The van der Waals surface area contributed by atoms with Gasteiger partial charge in [-0.1, -0.05) is 37.6 Å². The van der Waals surface area contributed by atoms with Gasteiger partial charge in [-0.3, -0.25) is 0 Å². The van der Waals surface area contributed by atoms with Crippen LogP contribution in [-0.2, 0) is 16.1 Å². The molecular formula is C15H18O3. The Morgan fingerprint density at radius 1 is 1.56 bits per heavy atom. The van der Waals surface area contributed by atoms with Crippen molar-refractivity contribution in [3.63, 3.8) is 0 Å². The molecule has 1 atom stereocenters. The standard InChI is InChI=1S/C15H18O3/c1-3-4-5-9-14-11-7-6-8-12(15(16)17-2)13(11)10-18-14/h5-9,14H,3-4,10H2,1-2H3/b9-5+. The van der Waals surface area contributed by atoms with Crippen molar-refractivity contribution in [3.8, 4) is 0 Å². The fourth-order valence-electron chi connectivity index (χ4n) is 2.14. The molecule has 96 valence electrons. The normalized spacial score (nSPS) is 18.0. The first kappa shape index (κ1) is 12.8. The summed E-state index contributed by atoms with van der Waals surface area (Å²) < 4.78 is 10.5. The number of carbonyl (C=O) groups is 1. The van der Waals surface area contributed by atoms with E-state index in [1.165, 1.54) is 7.11 Å². The zero-order valence-electron chi connectivity index (χ0n) is 10.8. The highest BCUT2D eigenvalue weighted by Crippen LogP contribution is 2.34. The molecule has 0 saturated heterocycles. The number of methoxy groups -OCH3 is 1. The van der Waals surface area contributed by atoms with E-state index in [9.17, 15) is 4.79 Å². The lowest BCUT2D eigenvalue weighted by Gasteiger charge is -2.07. The number of hydrogen-bond donors (Lipinski definition) is 0. The van der Waals surface area contributed by atoms with Crippen LogP contribution in [0.4, 0.5) is 0 Å². The minimum absolute atomic E-state index is 0.0313. The van der Waals surface area contributed by atoms with Gasteiger partial charge in [0.25, 0.3) is 0 Å². The minimum Gasteiger partial charge on any atom is -0.465 e. The number of ether oxygens (including phenoxy) is 2. The molecule has 0 N–H and O–H groups in total. The first-order valence-corrected chi connectivity index (χ1v) is 6.26. The molecule has 3 heteroatoms. The maximum Gasteiger partial charge on any atom is 0.338 e. The van der Waals surface area contributed by atoms with Crippen molar-refractivity contribution in [1.29, 1.82) is 0 Å². The Hall–Kier alpha value is -1.61. The quantitative estimate of drug-likeness (QED) is 0.603. The van der Waals surface area contributed by atoms with E-state index in [0.29, 0.717) is 12.2 Å². The van der Waals surface area contributed by atoms with Crippen molar-refractivity contribution in [2.45, 2.75) is 32.5 Å². The van der Waals surface area contributed by atoms with Gasteiger partial charge in [0.15, 0.2) is 0 Å². The van der Waals surface area contributed by atoms with E-state index in [1.807, 2.05) is 12.1 Å². The monoisotopic (exact) mass is 246 g/mol.